The van der Waals surface area contributed by atoms with Crippen molar-refractivity contribution >= 4 is 23.5 Å². The summed E-state index contributed by atoms with van der Waals surface area (Å²) in [5.74, 6) is -0.220. The van der Waals surface area contributed by atoms with Gasteiger partial charge in [-0.2, -0.15) is 0 Å². The molecule has 1 aliphatic heterocycles. The number of hydrogen-bond donors (Lipinski definition) is 1. The molecule has 0 fully saturated rings. The van der Waals surface area contributed by atoms with Crippen LogP contribution in [-0.2, 0) is 10.3 Å². The fourth-order valence-corrected chi connectivity index (χ4v) is 3.84. The Balaban J connectivity index is 1.96. The first-order valence-corrected chi connectivity index (χ1v) is 9.49. The molecule has 0 aromatic heterocycles. The molecule has 1 radical (unpaired) electrons. The Kier molecular flexibility index (Phi) is 4.95. The molecule has 151 valence electrons. The Morgan fingerprint density at radius 3 is 2.63 bits per heavy atom. The Morgan fingerprint density at radius 2 is 2.00 bits per heavy atom. The van der Waals surface area contributed by atoms with Gasteiger partial charge in [0.15, 0.2) is 11.5 Å². The smallest absolute Gasteiger partial charge is 0.266 e. The zero-order chi connectivity index (χ0) is 21.5. The number of methoxy groups -OCH3 is 1. The van der Waals surface area contributed by atoms with Crippen LogP contribution in [0.4, 0.5) is 4.39 Å². The zero-order valence-electron chi connectivity index (χ0n) is 16.3. The molecule has 0 spiro atoms. The molecule has 0 aliphatic carbocycles. The maximum atomic E-state index is 14.8. The molecule has 1 unspecified atom stereocenters. The number of nitrogens with zero attached hydrogens (tertiary/aromatic N) is 2. The Hall–Kier alpha value is -3.38. The van der Waals surface area contributed by atoms with Crippen LogP contribution in [0.5, 0.6) is 5.75 Å². The Bertz CT molecular complexity index is 1170. The van der Waals surface area contributed by atoms with Crippen LogP contribution < -0.4 is 10.5 Å². The van der Waals surface area contributed by atoms with E-state index in [1.165, 1.54) is 18.1 Å². The quantitative estimate of drug-likeness (QED) is 0.691. The number of nitrogens with two attached hydrogens (primary N) is 1. The minimum atomic E-state index is -1.43. The number of hydrogen-bond acceptors (Lipinski definition) is 4. The van der Waals surface area contributed by atoms with Gasteiger partial charge in [0, 0.05) is 17.6 Å². The first-order valence-electron chi connectivity index (χ1n) is 9.12. The summed E-state index contributed by atoms with van der Waals surface area (Å²) in [6, 6.07) is 19.3. The maximum Gasteiger partial charge on any atom is 0.266 e. The second-order valence-corrected chi connectivity index (χ2v) is 7.35. The summed E-state index contributed by atoms with van der Waals surface area (Å²) in [5.41, 5.74) is 6.42. The number of benzene rings is 3. The van der Waals surface area contributed by atoms with Gasteiger partial charge in [-0.3, -0.25) is 9.69 Å². The monoisotopic (exact) mass is 422 g/mol. The highest BCUT2D eigenvalue weighted by Gasteiger charge is 2.49. The van der Waals surface area contributed by atoms with E-state index in [4.69, 9.17) is 22.1 Å². The van der Waals surface area contributed by atoms with Crippen LogP contribution in [0.2, 0.25) is 5.02 Å². The highest BCUT2D eigenvalue weighted by molar-refractivity contribution is 6.31. The summed E-state index contributed by atoms with van der Waals surface area (Å²) >= 11 is 6.18. The third-order valence-corrected chi connectivity index (χ3v) is 5.39. The summed E-state index contributed by atoms with van der Waals surface area (Å²) in [5, 5.41) is 0.403. The fourth-order valence-electron chi connectivity index (χ4n) is 3.61. The largest absolute Gasteiger partial charge is 0.497 e. The standard InChI is InChI=1S/C23H18ClFN3O2/c1-28-21(29)23(27-22(28)26,15-6-4-3-5-7-15)16-8-9-20(25)19(12-16)14-10-17(24)13-18(11-14)30-2/h3-4,6-13H,1-2H3,(H2,26,27). The van der Waals surface area contributed by atoms with E-state index in [-0.39, 0.29) is 17.4 Å². The molecule has 4 rings (SSSR count). The van der Waals surface area contributed by atoms with E-state index in [9.17, 15) is 9.18 Å². The van der Waals surface area contributed by atoms with E-state index in [0.29, 0.717) is 27.5 Å². The van der Waals surface area contributed by atoms with Crippen molar-refractivity contribution < 1.29 is 13.9 Å². The first kappa shape index (κ1) is 19.9. The molecule has 1 aliphatic rings. The number of ether oxygens (including phenoxy) is 1. The van der Waals surface area contributed by atoms with Crippen molar-refractivity contribution in [2.45, 2.75) is 5.54 Å². The number of carbonyl (C=O) groups excluding carboxylic acids is 1. The van der Waals surface area contributed by atoms with E-state index >= 15 is 0 Å². The van der Waals surface area contributed by atoms with Crippen molar-refractivity contribution in [2.75, 3.05) is 14.2 Å². The fraction of sp³-hybridized carbons (Fsp3) is 0.130. The second-order valence-electron chi connectivity index (χ2n) is 6.91. The highest BCUT2D eigenvalue weighted by atomic mass is 35.5. The lowest BCUT2D eigenvalue weighted by atomic mass is 9.81. The molecule has 0 saturated heterocycles. The average Bonchev–Trinajstić information content (AvgIpc) is 2.99. The van der Waals surface area contributed by atoms with Crippen LogP contribution in [0.25, 0.3) is 11.1 Å². The average molecular weight is 423 g/mol. The number of amides is 1. The molecule has 7 heteroatoms. The third kappa shape index (κ3) is 3.09. The van der Waals surface area contributed by atoms with Gasteiger partial charge in [0.05, 0.1) is 7.11 Å². The van der Waals surface area contributed by atoms with Gasteiger partial charge in [0.25, 0.3) is 5.91 Å². The number of carbonyl (C=O) groups is 1. The van der Waals surface area contributed by atoms with Gasteiger partial charge in [-0.1, -0.05) is 35.9 Å². The van der Waals surface area contributed by atoms with Crippen molar-refractivity contribution in [3.8, 4) is 16.9 Å². The van der Waals surface area contributed by atoms with Crippen LogP contribution in [0, 0.1) is 11.9 Å². The minimum absolute atomic E-state index is 0.0825. The normalized spacial score (nSPS) is 18.5. The predicted octanol–water partition coefficient (Wildman–Crippen LogP) is 3.99. The molecule has 1 amide bonds. The summed E-state index contributed by atoms with van der Waals surface area (Å²) < 4.78 is 20.1. The molecule has 1 atom stereocenters. The SMILES string of the molecule is COc1cc(Cl)cc(-c2cc(C3(c4c[c]ccc4)N=C(N)N(C)C3=O)ccc2F)c1. The molecule has 1 heterocycles. The topological polar surface area (TPSA) is 67.9 Å². The van der Waals surface area contributed by atoms with Crippen molar-refractivity contribution in [3.05, 3.63) is 88.7 Å². The van der Waals surface area contributed by atoms with Crippen molar-refractivity contribution in [1.29, 1.82) is 0 Å². The maximum absolute atomic E-state index is 14.8. The summed E-state index contributed by atoms with van der Waals surface area (Å²) in [4.78, 5) is 19.1. The van der Waals surface area contributed by atoms with E-state index in [2.05, 4.69) is 11.1 Å². The van der Waals surface area contributed by atoms with Gasteiger partial charge in [-0.25, -0.2) is 9.38 Å². The predicted molar refractivity (Wildman–Crippen MR) is 114 cm³/mol. The van der Waals surface area contributed by atoms with Crippen molar-refractivity contribution in [2.24, 2.45) is 10.7 Å². The Labute approximate surface area is 178 Å². The number of aliphatic imine (C=N–C) groups is 1. The molecule has 0 bridgehead atoms. The highest BCUT2D eigenvalue weighted by Crippen LogP contribution is 2.41. The second kappa shape index (κ2) is 7.46. The molecule has 5 nitrogen and oxygen atoms in total. The minimum Gasteiger partial charge on any atom is -0.497 e. The lowest BCUT2D eigenvalue weighted by molar-refractivity contribution is -0.129. The number of halogens is 2. The molecular formula is C23H18ClFN3O2. The summed E-state index contributed by atoms with van der Waals surface area (Å²) in [7, 11) is 3.06. The van der Waals surface area contributed by atoms with E-state index < -0.39 is 11.4 Å². The third-order valence-electron chi connectivity index (χ3n) is 5.17. The number of likely N-dealkylation sites (N-methyl/N-ethyl adjacent to an activating group) is 1. The molecule has 2 N–H and O–H groups in total. The lowest BCUT2D eigenvalue weighted by Gasteiger charge is -2.26. The van der Waals surface area contributed by atoms with Crippen LogP contribution >= 0.6 is 11.6 Å². The summed E-state index contributed by atoms with van der Waals surface area (Å²) in [6.45, 7) is 0. The van der Waals surface area contributed by atoms with Crippen LogP contribution in [0.3, 0.4) is 0 Å². The van der Waals surface area contributed by atoms with Gasteiger partial charge in [-0.15, -0.1) is 0 Å². The van der Waals surface area contributed by atoms with E-state index in [0.717, 1.165) is 0 Å². The molecule has 3 aromatic carbocycles. The number of guanidine groups is 1. The Morgan fingerprint density at radius 1 is 1.20 bits per heavy atom. The van der Waals surface area contributed by atoms with E-state index in [1.807, 2.05) is 0 Å². The van der Waals surface area contributed by atoms with Gasteiger partial charge >= 0.3 is 0 Å². The zero-order valence-corrected chi connectivity index (χ0v) is 17.1. The lowest BCUT2D eigenvalue weighted by Crippen LogP contribution is -2.41. The van der Waals surface area contributed by atoms with Gasteiger partial charge in [-0.05, 0) is 59.2 Å². The summed E-state index contributed by atoms with van der Waals surface area (Å²) in [6.07, 6.45) is 0. The van der Waals surface area contributed by atoms with E-state index in [1.54, 1.807) is 61.6 Å². The molecule has 30 heavy (non-hydrogen) atoms. The molecule has 3 aromatic rings. The van der Waals surface area contributed by atoms with Crippen LogP contribution in [0.15, 0.2) is 65.7 Å². The van der Waals surface area contributed by atoms with Gasteiger partial charge < -0.3 is 10.5 Å². The van der Waals surface area contributed by atoms with Crippen LogP contribution in [0.1, 0.15) is 11.1 Å². The molecule has 0 saturated carbocycles. The van der Waals surface area contributed by atoms with Gasteiger partial charge in [0.2, 0.25) is 0 Å². The first-order chi connectivity index (χ1) is 14.4. The van der Waals surface area contributed by atoms with Gasteiger partial charge in [0.1, 0.15) is 11.6 Å². The number of rotatable bonds is 4. The van der Waals surface area contributed by atoms with Crippen LogP contribution in [-0.4, -0.2) is 30.9 Å². The van der Waals surface area contributed by atoms with Crippen molar-refractivity contribution in [3.63, 3.8) is 0 Å². The molecular weight excluding hydrogens is 405 g/mol. The van der Waals surface area contributed by atoms with Crippen molar-refractivity contribution in [1.82, 2.24) is 4.90 Å².